The van der Waals surface area contributed by atoms with Crippen LogP contribution in [0.4, 0.5) is 5.82 Å². The van der Waals surface area contributed by atoms with Crippen molar-refractivity contribution in [1.29, 1.82) is 0 Å². The number of amides is 1. The van der Waals surface area contributed by atoms with Gasteiger partial charge in [0.05, 0.1) is 4.90 Å². The molecule has 2 aromatic carbocycles. The second kappa shape index (κ2) is 11.1. The monoisotopic (exact) mass is 466 g/mol. The first kappa shape index (κ1) is 24.4. The van der Waals surface area contributed by atoms with Crippen molar-refractivity contribution in [2.45, 2.75) is 38.8 Å². The lowest BCUT2D eigenvalue weighted by Gasteiger charge is -2.19. The molecular formula is C25H30N4O3S. The molecule has 33 heavy (non-hydrogen) atoms. The minimum absolute atomic E-state index is 0.0550. The van der Waals surface area contributed by atoms with Gasteiger partial charge in [0.2, 0.25) is 10.0 Å². The second-order valence-electron chi connectivity index (χ2n) is 7.67. The molecule has 0 saturated carbocycles. The molecule has 0 spiro atoms. The summed E-state index contributed by atoms with van der Waals surface area (Å²) in [7, 11) is -3.76. The third-order valence-electron chi connectivity index (χ3n) is 5.42. The molecule has 0 atom stereocenters. The number of carbonyl (C=O) groups excluding carboxylic acids is 1. The van der Waals surface area contributed by atoms with E-state index in [1.807, 2.05) is 42.5 Å². The first-order valence-corrected chi connectivity index (χ1v) is 12.4. The van der Waals surface area contributed by atoms with Crippen LogP contribution in [0.5, 0.6) is 0 Å². The van der Waals surface area contributed by atoms with Gasteiger partial charge in [-0.3, -0.25) is 4.79 Å². The summed E-state index contributed by atoms with van der Waals surface area (Å²) in [5, 5.41) is 2.86. The Morgan fingerprint density at radius 2 is 1.67 bits per heavy atom. The summed E-state index contributed by atoms with van der Waals surface area (Å²) in [5.41, 5.74) is 2.74. The highest BCUT2D eigenvalue weighted by Gasteiger charge is 2.18. The van der Waals surface area contributed by atoms with Crippen molar-refractivity contribution in [1.82, 2.24) is 15.0 Å². The Morgan fingerprint density at radius 1 is 0.939 bits per heavy atom. The summed E-state index contributed by atoms with van der Waals surface area (Å²) < 4.78 is 28.1. The van der Waals surface area contributed by atoms with Gasteiger partial charge in [-0.15, -0.1) is 0 Å². The van der Waals surface area contributed by atoms with Crippen molar-refractivity contribution in [2.24, 2.45) is 0 Å². The predicted molar refractivity (Wildman–Crippen MR) is 131 cm³/mol. The van der Waals surface area contributed by atoms with Gasteiger partial charge in [0.25, 0.3) is 5.91 Å². The van der Waals surface area contributed by atoms with Crippen LogP contribution in [0.3, 0.4) is 0 Å². The molecule has 0 saturated heterocycles. The van der Waals surface area contributed by atoms with E-state index >= 15 is 0 Å². The molecule has 2 N–H and O–H groups in total. The normalized spacial score (nSPS) is 11.2. The van der Waals surface area contributed by atoms with Gasteiger partial charge < -0.3 is 10.2 Å². The standard InChI is InChI=1S/C25H30N4O3S/c1-4-29(5-2)24-14-12-21(16-26-24)17-27-25(30)23-15-22(13-11-19(23)3)33(31,32)28-18-20-9-7-6-8-10-20/h6-16,28H,4-5,17-18H2,1-3H3,(H,27,30). The van der Waals surface area contributed by atoms with Crippen LogP contribution in [-0.2, 0) is 23.1 Å². The predicted octanol–water partition coefficient (Wildman–Crippen LogP) is 3.64. The first-order chi connectivity index (χ1) is 15.8. The number of anilines is 1. The van der Waals surface area contributed by atoms with Gasteiger partial charge >= 0.3 is 0 Å². The lowest BCUT2D eigenvalue weighted by molar-refractivity contribution is 0.0950. The van der Waals surface area contributed by atoms with Crippen molar-refractivity contribution >= 4 is 21.7 Å². The molecule has 1 amide bonds. The molecule has 174 valence electrons. The topological polar surface area (TPSA) is 91.4 Å². The van der Waals surface area contributed by atoms with Crippen LogP contribution in [-0.4, -0.2) is 32.4 Å². The zero-order valence-corrected chi connectivity index (χ0v) is 20.0. The molecule has 1 aromatic heterocycles. The second-order valence-corrected chi connectivity index (χ2v) is 9.43. The van der Waals surface area contributed by atoms with Crippen LogP contribution in [0.15, 0.2) is 71.8 Å². The summed E-state index contributed by atoms with van der Waals surface area (Å²) in [6.07, 6.45) is 1.75. The van der Waals surface area contributed by atoms with Crippen LogP contribution in [0.2, 0.25) is 0 Å². The van der Waals surface area contributed by atoms with E-state index in [0.29, 0.717) is 17.7 Å². The van der Waals surface area contributed by atoms with Crippen LogP contribution >= 0.6 is 0 Å². The number of hydrogen-bond donors (Lipinski definition) is 2. The zero-order chi connectivity index (χ0) is 23.8. The van der Waals surface area contributed by atoms with E-state index in [1.165, 1.54) is 12.1 Å². The highest BCUT2D eigenvalue weighted by atomic mass is 32.2. The minimum Gasteiger partial charge on any atom is -0.357 e. The van der Waals surface area contributed by atoms with E-state index in [9.17, 15) is 13.2 Å². The van der Waals surface area contributed by atoms with Gasteiger partial charge in [-0.1, -0.05) is 42.5 Å². The van der Waals surface area contributed by atoms with Crippen molar-refractivity contribution in [3.8, 4) is 0 Å². The lowest BCUT2D eigenvalue weighted by atomic mass is 10.1. The van der Waals surface area contributed by atoms with Crippen LogP contribution in [0.25, 0.3) is 0 Å². The number of sulfonamides is 1. The molecule has 8 heteroatoms. The van der Waals surface area contributed by atoms with E-state index in [1.54, 1.807) is 19.2 Å². The van der Waals surface area contributed by atoms with Gasteiger partial charge in [-0.25, -0.2) is 18.1 Å². The summed E-state index contributed by atoms with van der Waals surface area (Å²) in [6, 6.07) is 17.7. The number of benzene rings is 2. The Hall–Kier alpha value is -3.23. The van der Waals surface area contributed by atoms with Gasteiger partial charge in [0.1, 0.15) is 5.82 Å². The quantitative estimate of drug-likeness (QED) is 0.476. The Labute approximate surface area is 195 Å². The molecule has 0 fully saturated rings. The molecule has 0 bridgehead atoms. The molecule has 3 aromatic rings. The van der Waals surface area contributed by atoms with Crippen molar-refractivity contribution in [2.75, 3.05) is 18.0 Å². The molecule has 3 rings (SSSR count). The maximum atomic E-state index is 12.8. The number of nitrogens with one attached hydrogen (secondary N) is 2. The maximum absolute atomic E-state index is 12.8. The summed E-state index contributed by atoms with van der Waals surface area (Å²) in [6.45, 7) is 8.15. The van der Waals surface area contributed by atoms with Crippen LogP contribution in [0, 0.1) is 6.92 Å². The molecule has 0 unspecified atom stereocenters. The number of aryl methyl sites for hydroxylation is 1. The molecule has 1 heterocycles. The van der Waals surface area contributed by atoms with E-state index in [2.05, 4.69) is 33.8 Å². The molecular weight excluding hydrogens is 436 g/mol. The Balaban J connectivity index is 1.67. The van der Waals surface area contributed by atoms with Gasteiger partial charge in [0, 0.05) is 37.9 Å². The van der Waals surface area contributed by atoms with Gasteiger partial charge in [-0.2, -0.15) is 0 Å². The van der Waals surface area contributed by atoms with Crippen LogP contribution < -0.4 is 14.9 Å². The summed E-state index contributed by atoms with van der Waals surface area (Å²) >= 11 is 0. The Bertz CT molecular complexity index is 1180. The number of rotatable bonds is 10. The third kappa shape index (κ3) is 6.40. The van der Waals surface area contributed by atoms with E-state index in [-0.39, 0.29) is 17.3 Å². The maximum Gasteiger partial charge on any atom is 0.251 e. The fourth-order valence-corrected chi connectivity index (χ4v) is 4.45. The number of pyridine rings is 1. The Morgan fingerprint density at radius 3 is 2.30 bits per heavy atom. The minimum atomic E-state index is -3.76. The number of carbonyl (C=O) groups is 1. The van der Waals surface area contributed by atoms with E-state index in [4.69, 9.17) is 0 Å². The van der Waals surface area contributed by atoms with Crippen molar-refractivity contribution < 1.29 is 13.2 Å². The largest absolute Gasteiger partial charge is 0.357 e. The first-order valence-electron chi connectivity index (χ1n) is 11.0. The summed E-state index contributed by atoms with van der Waals surface area (Å²) in [4.78, 5) is 19.5. The fourth-order valence-electron chi connectivity index (χ4n) is 3.40. The summed E-state index contributed by atoms with van der Waals surface area (Å²) in [5.74, 6) is 0.562. The van der Waals surface area contributed by atoms with Crippen LogP contribution in [0.1, 0.15) is 40.9 Å². The number of hydrogen-bond acceptors (Lipinski definition) is 5. The molecule has 0 aliphatic carbocycles. The van der Waals surface area contributed by atoms with E-state index < -0.39 is 10.0 Å². The third-order valence-corrected chi connectivity index (χ3v) is 6.82. The van der Waals surface area contributed by atoms with Crippen molar-refractivity contribution in [3.63, 3.8) is 0 Å². The molecule has 7 nitrogen and oxygen atoms in total. The fraction of sp³-hybridized carbons (Fsp3) is 0.280. The average molecular weight is 467 g/mol. The number of aromatic nitrogens is 1. The van der Waals surface area contributed by atoms with Gasteiger partial charge in [0.15, 0.2) is 0 Å². The molecule has 0 aliphatic heterocycles. The zero-order valence-electron chi connectivity index (χ0n) is 19.2. The highest BCUT2D eigenvalue weighted by molar-refractivity contribution is 7.89. The number of nitrogens with zero attached hydrogens (tertiary/aromatic N) is 2. The molecule has 0 radical (unpaired) electrons. The van der Waals surface area contributed by atoms with Crippen molar-refractivity contribution in [3.05, 3.63) is 89.1 Å². The highest BCUT2D eigenvalue weighted by Crippen LogP contribution is 2.17. The van der Waals surface area contributed by atoms with E-state index in [0.717, 1.165) is 30.0 Å². The lowest BCUT2D eigenvalue weighted by Crippen LogP contribution is -2.26. The molecule has 0 aliphatic rings. The smallest absolute Gasteiger partial charge is 0.251 e. The van der Waals surface area contributed by atoms with Gasteiger partial charge in [-0.05, 0) is 55.7 Å². The Kier molecular flexibility index (Phi) is 8.19. The average Bonchev–Trinajstić information content (AvgIpc) is 2.83. The SMILES string of the molecule is CCN(CC)c1ccc(CNC(=O)c2cc(S(=O)(=O)NCc3ccccc3)ccc2C)cn1.